The molecule has 0 bridgehead atoms. The van der Waals surface area contributed by atoms with E-state index in [2.05, 4.69) is 35.8 Å². The fourth-order valence-electron chi connectivity index (χ4n) is 2.89. The van der Waals surface area contributed by atoms with Crippen LogP contribution in [0.2, 0.25) is 5.02 Å². The van der Waals surface area contributed by atoms with E-state index in [-0.39, 0.29) is 17.3 Å². The number of rotatable bonds is 9. The number of anilines is 1. The average molecular weight is 499 g/mol. The maximum absolute atomic E-state index is 12.9. The Hall–Kier alpha value is -3.90. The molecule has 174 valence electrons. The maximum atomic E-state index is 12.9. The summed E-state index contributed by atoms with van der Waals surface area (Å²) < 4.78 is 11.6. The van der Waals surface area contributed by atoms with Gasteiger partial charge in [0.15, 0.2) is 5.69 Å². The summed E-state index contributed by atoms with van der Waals surface area (Å²) in [5.41, 5.74) is 9.50. The molecule has 0 aliphatic carbocycles. The molecular formula is C21H19ClN8O3S. The Morgan fingerprint density at radius 2 is 2.06 bits per heavy atom. The highest BCUT2D eigenvalue weighted by molar-refractivity contribution is 7.98. The van der Waals surface area contributed by atoms with Gasteiger partial charge in [-0.15, -0.1) is 16.9 Å². The number of carbonyl (C=O) groups is 1. The number of carbonyl (C=O) groups excluding carboxylic acids is 1. The van der Waals surface area contributed by atoms with Crippen LogP contribution in [0.3, 0.4) is 0 Å². The lowest BCUT2D eigenvalue weighted by Gasteiger charge is -2.07. The van der Waals surface area contributed by atoms with Gasteiger partial charge >= 0.3 is 0 Å². The Bertz CT molecular complexity index is 1310. The number of hydrazone groups is 1. The number of aromatic nitrogens is 5. The first-order chi connectivity index (χ1) is 16.6. The molecule has 2 heterocycles. The van der Waals surface area contributed by atoms with Crippen LogP contribution < -0.4 is 15.9 Å². The Kier molecular flexibility index (Phi) is 7.40. The third-order valence-electron chi connectivity index (χ3n) is 4.45. The number of nitrogen functional groups attached to an aromatic ring is 1. The molecule has 0 aliphatic heterocycles. The first kappa shape index (κ1) is 23.3. The summed E-state index contributed by atoms with van der Waals surface area (Å²) in [4.78, 5) is 13.8. The van der Waals surface area contributed by atoms with E-state index in [0.29, 0.717) is 34.4 Å². The number of nitrogens with zero attached hydrogens (tertiary/aromatic N) is 6. The quantitative estimate of drug-likeness (QED) is 0.201. The predicted molar refractivity (Wildman–Crippen MR) is 127 cm³/mol. The third-order valence-corrected chi connectivity index (χ3v) is 5.73. The van der Waals surface area contributed by atoms with E-state index < -0.39 is 5.91 Å². The van der Waals surface area contributed by atoms with Gasteiger partial charge in [0.1, 0.15) is 5.75 Å². The average Bonchev–Trinajstić information content (AvgIpc) is 3.45. The summed E-state index contributed by atoms with van der Waals surface area (Å²) in [6.07, 6.45) is 1.50. The number of nitrogens with one attached hydrogen (secondary N) is 1. The minimum absolute atomic E-state index is 0.0140. The van der Waals surface area contributed by atoms with Gasteiger partial charge in [-0.25, -0.2) is 10.1 Å². The molecule has 0 atom stereocenters. The van der Waals surface area contributed by atoms with Crippen LogP contribution in [-0.4, -0.2) is 44.0 Å². The van der Waals surface area contributed by atoms with E-state index >= 15 is 0 Å². The van der Waals surface area contributed by atoms with Crippen LogP contribution in [0.15, 0.2) is 63.2 Å². The van der Waals surface area contributed by atoms with Gasteiger partial charge in [0.2, 0.25) is 11.6 Å². The summed E-state index contributed by atoms with van der Waals surface area (Å²) in [6.45, 7) is 2.40. The number of amides is 1. The van der Waals surface area contributed by atoms with Crippen molar-refractivity contribution < 1.29 is 14.2 Å². The van der Waals surface area contributed by atoms with Gasteiger partial charge in [0.25, 0.3) is 5.91 Å². The fourth-order valence-corrected chi connectivity index (χ4v) is 3.90. The van der Waals surface area contributed by atoms with Crippen molar-refractivity contribution in [2.75, 3.05) is 12.3 Å². The lowest BCUT2D eigenvalue weighted by atomic mass is 10.2. The number of benzene rings is 2. The lowest BCUT2D eigenvalue weighted by molar-refractivity contribution is 0.0949. The van der Waals surface area contributed by atoms with Crippen LogP contribution in [0.5, 0.6) is 5.75 Å². The van der Waals surface area contributed by atoms with Gasteiger partial charge < -0.3 is 10.5 Å². The highest BCUT2D eigenvalue weighted by Gasteiger charge is 2.24. The van der Waals surface area contributed by atoms with Crippen molar-refractivity contribution in [3.05, 3.63) is 70.5 Å². The molecule has 0 fully saturated rings. The second-order valence-electron chi connectivity index (χ2n) is 6.68. The second-order valence-corrected chi connectivity index (χ2v) is 8.17. The molecule has 4 aromatic rings. The molecule has 0 radical (unpaired) electrons. The second kappa shape index (κ2) is 10.8. The van der Waals surface area contributed by atoms with Gasteiger partial charge in [-0.05, 0) is 53.6 Å². The van der Waals surface area contributed by atoms with Crippen LogP contribution >= 0.6 is 23.4 Å². The molecule has 1 amide bonds. The molecule has 0 aliphatic rings. The van der Waals surface area contributed by atoms with Crippen molar-refractivity contribution >= 4 is 41.3 Å². The van der Waals surface area contributed by atoms with E-state index in [0.717, 1.165) is 4.90 Å². The van der Waals surface area contributed by atoms with Gasteiger partial charge in [-0.3, -0.25) is 4.79 Å². The minimum atomic E-state index is -0.557. The normalized spacial score (nSPS) is 11.1. The van der Waals surface area contributed by atoms with Crippen LogP contribution in [0.1, 0.15) is 28.7 Å². The molecule has 0 spiro atoms. The zero-order valence-corrected chi connectivity index (χ0v) is 19.5. The van der Waals surface area contributed by atoms with Gasteiger partial charge in [0, 0.05) is 21.2 Å². The van der Waals surface area contributed by atoms with Crippen LogP contribution in [0.4, 0.5) is 5.82 Å². The van der Waals surface area contributed by atoms with Gasteiger partial charge in [-0.1, -0.05) is 28.9 Å². The Morgan fingerprint density at radius 1 is 1.26 bits per heavy atom. The maximum Gasteiger partial charge on any atom is 0.293 e. The fraction of sp³-hybridized carbons (Fsp3) is 0.143. The van der Waals surface area contributed by atoms with Crippen molar-refractivity contribution in [2.45, 2.75) is 17.6 Å². The van der Waals surface area contributed by atoms with E-state index in [4.69, 9.17) is 22.1 Å². The molecule has 2 aromatic carbocycles. The number of para-hydroxylation sites is 1. The molecule has 13 heteroatoms. The summed E-state index contributed by atoms with van der Waals surface area (Å²) in [7, 11) is 0. The number of halogens is 1. The minimum Gasteiger partial charge on any atom is -0.493 e. The lowest BCUT2D eigenvalue weighted by Crippen LogP contribution is -2.20. The Balaban J connectivity index is 1.57. The SMILES string of the molecule is CCOc1ccccc1C=NNC(=O)c1nnn(-c2nonc2N)c1CSc1ccc(Cl)cc1. The molecule has 4 rings (SSSR count). The highest BCUT2D eigenvalue weighted by atomic mass is 35.5. The van der Waals surface area contributed by atoms with E-state index in [1.165, 1.54) is 22.7 Å². The van der Waals surface area contributed by atoms with Crippen LogP contribution in [0, 0.1) is 0 Å². The van der Waals surface area contributed by atoms with Crippen LogP contribution in [0.25, 0.3) is 5.82 Å². The molecular weight excluding hydrogens is 480 g/mol. The Labute approximate surface area is 203 Å². The smallest absolute Gasteiger partial charge is 0.293 e. The summed E-state index contributed by atoms with van der Waals surface area (Å²) in [5.74, 6) is 0.564. The van der Waals surface area contributed by atoms with Crippen molar-refractivity contribution in [2.24, 2.45) is 5.10 Å². The largest absolute Gasteiger partial charge is 0.493 e. The molecule has 2 aromatic heterocycles. The number of hydrogen-bond acceptors (Lipinski definition) is 10. The number of hydrogen-bond donors (Lipinski definition) is 2. The standard InChI is InChI=1S/C21H19ClN8O3S/c1-2-32-17-6-4-3-5-13(17)11-24-26-21(31)18-16(12-34-15-9-7-14(22)8-10-15)30(29-25-18)20-19(23)27-33-28-20/h3-11H,2,12H2,1H3,(H2,23,27)(H,26,31). The molecule has 11 nitrogen and oxygen atoms in total. The van der Waals surface area contributed by atoms with E-state index in [9.17, 15) is 4.79 Å². The van der Waals surface area contributed by atoms with Gasteiger partial charge in [-0.2, -0.15) is 9.78 Å². The number of ether oxygens (including phenoxy) is 1. The molecule has 0 saturated carbocycles. The number of thioether (sulfide) groups is 1. The van der Waals surface area contributed by atoms with Crippen molar-refractivity contribution in [3.8, 4) is 11.6 Å². The molecule has 0 unspecified atom stereocenters. The van der Waals surface area contributed by atoms with Crippen molar-refractivity contribution in [1.29, 1.82) is 0 Å². The Morgan fingerprint density at radius 3 is 2.79 bits per heavy atom. The summed E-state index contributed by atoms with van der Waals surface area (Å²) in [5, 5.41) is 20.0. The summed E-state index contributed by atoms with van der Waals surface area (Å²) >= 11 is 7.41. The molecule has 0 saturated heterocycles. The molecule has 34 heavy (non-hydrogen) atoms. The zero-order chi connectivity index (χ0) is 23.9. The van der Waals surface area contributed by atoms with Crippen molar-refractivity contribution in [1.82, 2.24) is 30.7 Å². The van der Waals surface area contributed by atoms with E-state index in [1.54, 1.807) is 12.1 Å². The van der Waals surface area contributed by atoms with Gasteiger partial charge in [0.05, 0.1) is 18.5 Å². The first-order valence-electron chi connectivity index (χ1n) is 10.0. The highest BCUT2D eigenvalue weighted by Crippen LogP contribution is 2.27. The summed E-state index contributed by atoms with van der Waals surface area (Å²) in [6, 6.07) is 14.6. The predicted octanol–water partition coefficient (Wildman–Crippen LogP) is 3.34. The van der Waals surface area contributed by atoms with Crippen LogP contribution in [-0.2, 0) is 5.75 Å². The first-order valence-corrected chi connectivity index (χ1v) is 11.4. The monoisotopic (exact) mass is 498 g/mol. The third kappa shape index (κ3) is 5.35. The van der Waals surface area contributed by atoms with Crippen molar-refractivity contribution in [3.63, 3.8) is 0 Å². The zero-order valence-electron chi connectivity index (χ0n) is 17.9. The molecule has 3 N–H and O–H groups in total. The van der Waals surface area contributed by atoms with E-state index in [1.807, 2.05) is 43.3 Å². The number of nitrogens with two attached hydrogens (primary N) is 1. The topological polar surface area (TPSA) is 146 Å².